The molecule has 0 saturated heterocycles. The third-order valence-electron chi connectivity index (χ3n) is 2.26. The third kappa shape index (κ3) is 6.20. The lowest BCUT2D eigenvalue weighted by atomic mass is 10.1. The highest BCUT2D eigenvalue weighted by molar-refractivity contribution is 14.1. The standard InChI is InChI=1S/C10H16F5I/c1-2-3-4-5-6-8(16)7-9(11,12)10(13,14)15/h8H,2-7H2,1H3. The van der Waals surface area contributed by atoms with Crippen LogP contribution in [0.5, 0.6) is 0 Å². The Morgan fingerprint density at radius 3 is 2.00 bits per heavy atom. The summed E-state index contributed by atoms with van der Waals surface area (Å²) in [6, 6.07) is 0. The van der Waals surface area contributed by atoms with Crippen LogP contribution in [0.15, 0.2) is 0 Å². The molecule has 0 aliphatic carbocycles. The van der Waals surface area contributed by atoms with E-state index in [-0.39, 0.29) is 0 Å². The molecule has 0 aliphatic rings. The quantitative estimate of drug-likeness (QED) is 0.249. The molecular weight excluding hydrogens is 342 g/mol. The van der Waals surface area contributed by atoms with Crippen molar-refractivity contribution in [2.45, 2.75) is 61.5 Å². The fourth-order valence-electron chi connectivity index (χ4n) is 1.29. The van der Waals surface area contributed by atoms with Crippen LogP contribution in [0, 0.1) is 0 Å². The maximum atomic E-state index is 12.6. The third-order valence-corrected chi connectivity index (χ3v) is 3.33. The van der Waals surface area contributed by atoms with Crippen molar-refractivity contribution in [2.24, 2.45) is 0 Å². The lowest BCUT2D eigenvalue weighted by Crippen LogP contribution is -2.38. The second-order valence-corrected chi connectivity index (χ2v) is 5.61. The van der Waals surface area contributed by atoms with Gasteiger partial charge in [-0.15, -0.1) is 0 Å². The molecule has 0 aromatic carbocycles. The summed E-state index contributed by atoms with van der Waals surface area (Å²) in [4.78, 5) is 0. The zero-order valence-corrected chi connectivity index (χ0v) is 11.2. The first-order valence-electron chi connectivity index (χ1n) is 5.29. The van der Waals surface area contributed by atoms with E-state index >= 15 is 0 Å². The van der Waals surface area contributed by atoms with Gasteiger partial charge in [-0.1, -0.05) is 55.2 Å². The SMILES string of the molecule is CCCCCCC(I)CC(F)(F)C(F)(F)F. The highest BCUT2D eigenvalue weighted by atomic mass is 127. The van der Waals surface area contributed by atoms with Gasteiger partial charge in [-0.2, -0.15) is 22.0 Å². The Morgan fingerprint density at radius 2 is 1.56 bits per heavy atom. The van der Waals surface area contributed by atoms with Crippen molar-refractivity contribution in [3.63, 3.8) is 0 Å². The van der Waals surface area contributed by atoms with Gasteiger partial charge in [0, 0.05) is 10.3 Å². The van der Waals surface area contributed by atoms with E-state index in [9.17, 15) is 22.0 Å². The van der Waals surface area contributed by atoms with E-state index in [1.165, 1.54) is 0 Å². The van der Waals surface area contributed by atoms with E-state index in [0.717, 1.165) is 25.7 Å². The second-order valence-electron chi connectivity index (χ2n) is 3.85. The molecule has 0 nitrogen and oxygen atoms in total. The van der Waals surface area contributed by atoms with Gasteiger partial charge in [-0.25, -0.2) is 0 Å². The average Bonchev–Trinajstić information content (AvgIpc) is 2.10. The molecule has 0 amide bonds. The van der Waals surface area contributed by atoms with Gasteiger partial charge in [0.1, 0.15) is 0 Å². The van der Waals surface area contributed by atoms with E-state index in [0.29, 0.717) is 6.42 Å². The zero-order valence-electron chi connectivity index (χ0n) is 9.09. The van der Waals surface area contributed by atoms with Crippen LogP contribution < -0.4 is 0 Å². The summed E-state index contributed by atoms with van der Waals surface area (Å²) in [6.45, 7) is 2.01. The number of hydrogen-bond acceptors (Lipinski definition) is 0. The van der Waals surface area contributed by atoms with E-state index in [1.54, 1.807) is 22.6 Å². The molecule has 0 fully saturated rings. The van der Waals surface area contributed by atoms with Gasteiger partial charge in [-0.3, -0.25) is 0 Å². The molecule has 0 aromatic rings. The molecule has 0 bridgehead atoms. The molecule has 98 valence electrons. The Morgan fingerprint density at radius 1 is 1.00 bits per heavy atom. The molecular formula is C10H16F5I. The summed E-state index contributed by atoms with van der Waals surface area (Å²) in [5.74, 6) is -4.55. The first-order valence-corrected chi connectivity index (χ1v) is 6.54. The van der Waals surface area contributed by atoms with Crippen LogP contribution in [0.2, 0.25) is 0 Å². The molecule has 1 unspecified atom stereocenters. The minimum atomic E-state index is -5.42. The zero-order chi connectivity index (χ0) is 12.8. The first kappa shape index (κ1) is 16.4. The van der Waals surface area contributed by atoms with Gasteiger partial charge in [0.2, 0.25) is 0 Å². The largest absolute Gasteiger partial charge is 0.453 e. The van der Waals surface area contributed by atoms with Gasteiger partial charge in [0.05, 0.1) is 0 Å². The molecule has 0 aliphatic heterocycles. The Labute approximate surface area is 106 Å². The summed E-state index contributed by atoms with van der Waals surface area (Å²) >= 11 is 1.68. The molecule has 0 heterocycles. The Kier molecular flexibility index (Phi) is 7.12. The fourth-order valence-corrected chi connectivity index (χ4v) is 2.28. The van der Waals surface area contributed by atoms with Crippen LogP contribution in [-0.4, -0.2) is 16.0 Å². The average molecular weight is 358 g/mol. The highest BCUT2D eigenvalue weighted by Crippen LogP contribution is 2.40. The van der Waals surface area contributed by atoms with Gasteiger partial charge in [-0.05, 0) is 6.42 Å². The lowest BCUT2D eigenvalue weighted by molar-refractivity contribution is -0.283. The minimum Gasteiger partial charge on any atom is -0.196 e. The van der Waals surface area contributed by atoms with Gasteiger partial charge < -0.3 is 0 Å². The monoisotopic (exact) mass is 358 g/mol. The summed E-state index contributed by atoms with van der Waals surface area (Å²) in [7, 11) is 0. The van der Waals surface area contributed by atoms with Crippen molar-refractivity contribution in [3.8, 4) is 0 Å². The van der Waals surface area contributed by atoms with Crippen LogP contribution >= 0.6 is 22.6 Å². The first-order chi connectivity index (χ1) is 7.20. The van der Waals surface area contributed by atoms with Gasteiger partial charge in [0.15, 0.2) is 0 Å². The number of rotatable bonds is 7. The van der Waals surface area contributed by atoms with Crippen molar-refractivity contribution in [1.29, 1.82) is 0 Å². The predicted octanol–water partition coefficient (Wildman–Crippen LogP) is 5.35. The molecule has 16 heavy (non-hydrogen) atoms. The van der Waals surface area contributed by atoms with Crippen LogP contribution in [-0.2, 0) is 0 Å². The molecule has 1 atom stereocenters. The van der Waals surface area contributed by atoms with E-state index in [1.807, 2.05) is 6.92 Å². The van der Waals surface area contributed by atoms with Gasteiger partial charge in [0.25, 0.3) is 0 Å². The summed E-state index contributed by atoms with van der Waals surface area (Å²) < 4.78 is 60.3. The fraction of sp³-hybridized carbons (Fsp3) is 1.00. The summed E-state index contributed by atoms with van der Waals surface area (Å²) in [6.07, 6.45) is -2.47. The number of unbranched alkanes of at least 4 members (excludes halogenated alkanes) is 3. The molecule has 0 aromatic heterocycles. The van der Waals surface area contributed by atoms with Crippen molar-refractivity contribution in [2.75, 3.05) is 0 Å². The van der Waals surface area contributed by atoms with Crippen molar-refractivity contribution < 1.29 is 22.0 Å². The van der Waals surface area contributed by atoms with Crippen molar-refractivity contribution in [3.05, 3.63) is 0 Å². The number of hydrogen-bond donors (Lipinski definition) is 0. The van der Waals surface area contributed by atoms with Crippen molar-refractivity contribution in [1.82, 2.24) is 0 Å². The number of alkyl halides is 6. The molecule has 6 heteroatoms. The molecule has 0 radical (unpaired) electrons. The number of halogens is 6. The smallest absolute Gasteiger partial charge is 0.196 e. The molecule has 0 rings (SSSR count). The summed E-state index contributed by atoms with van der Waals surface area (Å²) in [5, 5.41) is 0. The maximum absolute atomic E-state index is 12.6. The Bertz CT molecular complexity index is 190. The molecule has 0 saturated carbocycles. The van der Waals surface area contributed by atoms with Gasteiger partial charge >= 0.3 is 12.1 Å². The van der Waals surface area contributed by atoms with Crippen LogP contribution in [0.3, 0.4) is 0 Å². The van der Waals surface area contributed by atoms with Crippen molar-refractivity contribution >= 4 is 22.6 Å². The maximum Gasteiger partial charge on any atom is 0.453 e. The highest BCUT2D eigenvalue weighted by Gasteiger charge is 2.57. The predicted molar refractivity (Wildman–Crippen MR) is 62.2 cm³/mol. The molecule has 0 N–H and O–H groups in total. The van der Waals surface area contributed by atoms with E-state index in [4.69, 9.17) is 0 Å². The second kappa shape index (κ2) is 6.96. The van der Waals surface area contributed by atoms with E-state index in [2.05, 4.69) is 0 Å². The Hall–Kier alpha value is 0.380. The van der Waals surface area contributed by atoms with Crippen LogP contribution in [0.4, 0.5) is 22.0 Å². The van der Waals surface area contributed by atoms with Crippen LogP contribution in [0.25, 0.3) is 0 Å². The van der Waals surface area contributed by atoms with Crippen LogP contribution in [0.1, 0.15) is 45.4 Å². The topological polar surface area (TPSA) is 0 Å². The lowest BCUT2D eigenvalue weighted by Gasteiger charge is -2.22. The van der Waals surface area contributed by atoms with E-state index < -0.39 is 22.4 Å². The normalized spacial score (nSPS) is 15.2. The molecule has 0 spiro atoms. The summed E-state index contributed by atoms with van der Waals surface area (Å²) in [5.41, 5.74) is 0. The Balaban J connectivity index is 3.90. The minimum absolute atomic E-state index is 0.423.